The van der Waals surface area contributed by atoms with Gasteiger partial charge in [-0.3, -0.25) is 30.5 Å². The third-order valence-electron chi connectivity index (χ3n) is 5.70. The van der Waals surface area contributed by atoms with Gasteiger partial charge in [0.2, 0.25) is 0 Å². The van der Waals surface area contributed by atoms with Gasteiger partial charge in [-0.15, -0.1) is 0 Å². The fourth-order valence-electron chi connectivity index (χ4n) is 3.80. The zero-order valence-corrected chi connectivity index (χ0v) is 20.8. The molecule has 3 aromatic carbocycles. The van der Waals surface area contributed by atoms with E-state index in [9.17, 15) is 9.59 Å². The molecule has 3 N–H and O–H groups in total. The average molecular weight is 506 g/mol. The predicted octanol–water partition coefficient (Wildman–Crippen LogP) is 5.66. The number of rotatable bonds is 6. The first-order chi connectivity index (χ1) is 18.1. The molecule has 5 aromatic rings. The van der Waals surface area contributed by atoms with Crippen molar-refractivity contribution in [2.45, 2.75) is 16.7 Å². The Morgan fingerprint density at radius 3 is 2.35 bits per heavy atom. The first-order valence-corrected chi connectivity index (χ1v) is 12.4. The monoisotopic (exact) mass is 505 g/mol. The number of nitrogens with one attached hydrogen (secondary N) is 3. The molecule has 0 aliphatic carbocycles. The van der Waals surface area contributed by atoms with E-state index in [0.717, 1.165) is 37.6 Å². The maximum absolute atomic E-state index is 12.9. The summed E-state index contributed by atoms with van der Waals surface area (Å²) in [5.74, 6) is -0.760. The number of hydrogen-bond acceptors (Lipinski definition) is 5. The number of carbonyl (C=O) groups is 2. The number of aryl methyl sites for hydroxylation is 1. The molecule has 0 bridgehead atoms. The van der Waals surface area contributed by atoms with E-state index in [1.165, 1.54) is 11.8 Å². The van der Waals surface area contributed by atoms with Crippen LogP contribution in [0.1, 0.15) is 37.7 Å². The van der Waals surface area contributed by atoms with Crippen LogP contribution in [0.3, 0.4) is 0 Å². The molecule has 182 valence electrons. The second-order valence-electron chi connectivity index (χ2n) is 8.23. The lowest BCUT2D eigenvalue weighted by molar-refractivity contribution is 0.0844. The van der Waals surface area contributed by atoms with Gasteiger partial charge in [0.1, 0.15) is 0 Å². The third-order valence-corrected chi connectivity index (χ3v) is 6.77. The number of H-pyrrole nitrogens is 1. The number of aromatic amines is 1. The smallest absolute Gasteiger partial charge is 0.270 e. The van der Waals surface area contributed by atoms with Crippen molar-refractivity contribution in [1.82, 2.24) is 26.0 Å². The lowest BCUT2D eigenvalue weighted by atomic mass is 10.1. The summed E-state index contributed by atoms with van der Waals surface area (Å²) in [5, 5.41) is 8.49. The highest BCUT2D eigenvalue weighted by molar-refractivity contribution is 7.99. The molecular weight excluding hydrogens is 482 g/mol. The molecule has 37 heavy (non-hydrogen) atoms. The number of nitrogens with zero attached hydrogens (tertiary/aromatic N) is 2. The van der Waals surface area contributed by atoms with Crippen LogP contribution in [0, 0.1) is 6.92 Å². The third kappa shape index (κ3) is 5.60. The van der Waals surface area contributed by atoms with E-state index in [2.05, 4.69) is 26.0 Å². The number of pyridine rings is 1. The van der Waals surface area contributed by atoms with Crippen molar-refractivity contribution < 1.29 is 9.59 Å². The van der Waals surface area contributed by atoms with Gasteiger partial charge >= 0.3 is 0 Å². The van der Waals surface area contributed by atoms with Gasteiger partial charge < -0.3 is 0 Å². The van der Waals surface area contributed by atoms with Crippen LogP contribution in [0.5, 0.6) is 0 Å². The Kier molecular flexibility index (Phi) is 7.09. The van der Waals surface area contributed by atoms with Crippen LogP contribution in [0.25, 0.3) is 23.1 Å². The van der Waals surface area contributed by atoms with Crippen molar-refractivity contribution in [1.29, 1.82) is 0 Å². The number of benzene rings is 3. The summed E-state index contributed by atoms with van der Waals surface area (Å²) in [6, 6.07) is 26.2. The Morgan fingerprint density at radius 1 is 0.838 bits per heavy atom. The Balaban J connectivity index is 1.30. The number of amides is 2. The Labute approximate surface area is 218 Å². The fourth-order valence-corrected chi connectivity index (χ4v) is 4.78. The SMILES string of the molecule is Cc1ccccc1C(=O)NNC(=O)c1ccccc1Sc1ccc2c(C=Cc3ccccn3)n[nH]c2c1. The van der Waals surface area contributed by atoms with Crippen molar-refractivity contribution in [3.63, 3.8) is 0 Å². The zero-order valence-electron chi connectivity index (χ0n) is 19.9. The minimum absolute atomic E-state index is 0.366. The minimum atomic E-state index is -0.394. The molecule has 0 aliphatic heterocycles. The van der Waals surface area contributed by atoms with Crippen LogP contribution < -0.4 is 10.9 Å². The van der Waals surface area contributed by atoms with E-state index in [1.807, 2.05) is 79.7 Å². The summed E-state index contributed by atoms with van der Waals surface area (Å²) < 4.78 is 0. The molecule has 7 nitrogen and oxygen atoms in total. The predicted molar refractivity (Wildman–Crippen MR) is 146 cm³/mol. The number of carbonyl (C=O) groups excluding carboxylic acids is 2. The van der Waals surface area contributed by atoms with Crippen LogP contribution in [-0.4, -0.2) is 27.0 Å². The maximum atomic E-state index is 12.9. The standard InChI is InChI=1S/C29H23N5O2S/c1-19-8-2-3-10-22(19)28(35)33-34-29(36)24-11-4-5-12-27(24)37-21-14-15-23-25(31-32-26(23)18-21)16-13-20-9-6-7-17-30-20/h2-18H,1H3,(H,31,32)(H,33,35)(H,34,36). The second kappa shape index (κ2) is 10.9. The number of hydrazine groups is 1. The summed E-state index contributed by atoms with van der Waals surface area (Å²) in [6.45, 7) is 1.85. The molecule has 0 atom stereocenters. The van der Waals surface area contributed by atoms with Crippen molar-refractivity contribution in [2.24, 2.45) is 0 Å². The lowest BCUT2D eigenvalue weighted by Crippen LogP contribution is -2.42. The van der Waals surface area contributed by atoms with Gasteiger partial charge in [0.15, 0.2) is 0 Å². The molecule has 2 heterocycles. The fraction of sp³-hybridized carbons (Fsp3) is 0.0345. The minimum Gasteiger partial charge on any atom is -0.277 e. The molecule has 0 aliphatic rings. The highest BCUT2D eigenvalue weighted by Crippen LogP contribution is 2.32. The Hall–Kier alpha value is -4.69. The van der Waals surface area contributed by atoms with Crippen molar-refractivity contribution in [2.75, 3.05) is 0 Å². The van der Waals surface area contributed by atoms with Gasteiger partial charge in [0.05, 0.1) is 22.5 Å². The van der Waals surface area contributed by atoms with Crippen molar-refractivity contribution in [3.8, 4) is 0 Å². The normalized spacial score (nSPS) is 11.1. The van der Waals surface area contributed by atoms with E-state index in [1.54, 1.807) is 30.5 Å². The van der Waals surface area contributed by atoms with Gasteiger partial charge in [0.25, 0.3) is 11.8 Å². The van der Waals surface area contributed by atoms with Crippen LogP contribution in [0.15, 0.2) is 101 Å². The van der Waals surface area contributed by atoms with Gasteiger partial charge in [0, 0.05) is 26.9 Å². The molecule has 0 radical (unpaired) electrons. The number of aromatic nitrogens is 3. The van der Waals surface area contributed by atoms with E-state index in [-0.39, 0.29) is 5.91 Å². The van der Waals surface area contributed by atoms with Crippen LogP contribution in [-0.2, 0) is 0 Å². The van der Waals surface area contributed by atoms with Gasteiger partial charge in [-0.1, -0.05) is 48.2 Å². The number of fused-ring (bicyclic) bond motifs is 1. The highest BCUT2D eigenvalue weighted by Gasteiger charge is 2.15. The average Bonchev–Trinajstić information content (AvgIpc) is 3.33. The number of hydrogen-bond donors (Lipinski definition) is 3. The van der Waals surface area contributed by atoms with Crippen LogP contribution in [0.2, 0.25) is 0 Å². The molecule has 0 saturated carbocycles. The van der Waals surface area contributed by atoms with E-state index in [0.29, 0.717) is 11.1 Å². The first-order valence-electron chi connectivity index (χ1n) is 11.6. The largest absolute Gasteiger partial charge is 0.277 e. The van der Waals surface area contributed by atoms with Crippen LogP contribution in [0.4, 0.5) is 0 Å². The Morgan fingerprint density at radius 2 is 1.57 bits per heavy atom. The molecule has 0 unspecified atom stereocenters. The molecule has 2 aromatic heterocycles. The molecule has 0 spiro atoms. The summed E-state index contributed by atoms with van der Waals surface area (Å²) in [4.78, 5) is 31.4. The summed E-state index contributed by atoms with van der Waals surface area (Å²) in [6.07, 6.45) is 5.60. The molecular formula is C29H23N5O2S. The molecule has 0 fully saturated rings. The van der Waals surface area contributed by atoms with Gasteiger partial charge in [-0.2, -0.15) is 5.10 Å². The maximum Gasteiger partial charge on any atom is 0.270 e. The van der Waals surface area contributed by atoms with Crippen molar-refractivity contribution in [3.05, 3.63) is 119 Å². The summed E-state index contributed by atoms with van der Waals surface area (Å²) in [7, 11) is 0. The quantitative estimate of drug-likeness (QED) is 0.259. The van der Waals surface area contributed by atoms with E-state index < -0.39 is 5.91 Å². The highest BCUT2D eigenvalue weighted by atomic mass is 32.2. The molecule has 8 heteroatoms. The second-order valence-corrected chi connectivity index (χ2v) is 9.34. The molecule has 2 amide bonds. The first kappa shape index (κ1) is 24.0. The van der Waals surface area contributed by atoms with E-state index in [4.69, 9.17) is 0 Å². The zero-order chi connectivity index (χ0) is 25.6. The summed E-state index contributed by atoms with van der Waals surface area (Å²) >= 11 is 1.46. The Bertz CT molecular complexity index is 1610. The molecule has 5 rings (SSSR count). The summed E-state index contributed by atoms with van der Waals surface area (Å²) in [5.41, 5.74) is 9.40. The lowest BCUT2D eigenvalue weighted by Gasteiger charge is -2.12. The van der Waals surface area contributed by atoms with Gasteiger partial charge in [-0.25, -0.2) is 0 Å². The van der Waals surface area contributed by atoms with Gasteiger partial charge in [-0.05, 0) is 73.2 Å². The van der Waals surface area contributed by atoms with Crippen LogP contribution >= 0.6 is 11.8 Å². The van der Waals surface area contributed by atoms with Crippen molar-refractivity contribution >= 4 is 46.6 Å². The van der Waals surface area contributed by atoms with E-state index >= 15 is 0 Å². The topological polar surface area (TPSA) is 99.8 Å². The molecule has 0 saturated heterocycles.